The van der Waals surface area contributed by atoms with Crippen molar-refractivity contribution < 1.29 is 0 Å². The summed E-state index contributed by atoms with van der Waals surface area (Å²) in [4.78, 5) is 9.84. The fraction of sp³-hybridized carbons (Fsp3) is 0.0893. The van der Waals surface area contributed by atoms with Gasteiger partial charge >= 0.3 is 0 Å². The summed E-state index contributed by atoms with van der Waals surface area (Å²) < 4.78 is 0. The normalized spacial score (nSPS) is 13.7. The Morgan fingerprint density at radius 2 is 0.776 bits per heavy atom. The first-order valence-corrected chi connectivity index (χ1v) is 20.1. The number of nitrogens with zero attached hydrogens (tertiary/aromatic N) is 1. The van der Waals surface area contributed by atoms with Crippen LogP contribution >= 0.6 is 0 Å². The standard InChI is InChI=1S/C56H46N2/c1-40-38-41(2)53(42(3)39-40)54(49-34-36-51(57-49)55(43-22-10-4-11-23-43,44-24-12-5-13-25-44)45-26-14-6-15-27-45)50-35-37-52(58-50)56(46-28-16-7-17-29-46,47-30-18-8-19-31-47)48-32-20-9-21-33-48/h4-39,57H,1-3H3. The zero-order valence-corrected chi connectivity index (χ0v) is 33.2. The van der Waals surface area contributed by atoms with E-state index in [1.807, 2.05) is 0 Å². The largest absolute Gasteiger partial charge is 0.357 e. The monoisotopic (exact) mass is 746 g/mol. The Labute approximate surface area is 342 Å². The van der Waals surface area contributed by atoms with E-state index in [4.69, 9.17) is 4.99 Å². The van der Waals surface area contributed by atoms with Crippen molar-refractivity contribution in [2.45, 2.75) is 31.6 Å². The van der Waals surface area contributed by atoms with Gasteiger partial charge in [-0.1, -0.05) is 200 Å². The minimum atomic E-state index is -0.658. The van der Waals surface area contributed by atoms with Gasteiger partial charge < -0.3 is 4.98 Å². The fourth-order valence-corrected chi connectivity index (χ4v) is 9.48. The first kappa shape index (κ1) is 36.6. The van der Waals surface area contributed by atoms with Gasteiger partial charge in [0.2, 0.25) is 0 Å². The first-order valence-electron chi connectivity index (χ1n) is 20.1. The number of nitrogens with one attached hydrogen (secondary N) is 1. The summed E-state index contributed by atoms with van der Waals surface area (Å²) >= 11 is 0. The molecule has 0 saturated heterocycles. The molecule has 280 valence electrons. The molecule has 1 N–H and O–H groups in total. The quantitative estimate of drug-likeness (QED) is 0.135. The van der Waals surface area contributed by atoms with Gasteiger partial charge in [-0.25, -0.2) is 0 Å². The summed E-state index contributed by atoms with van der Waals surface area (Å²) in [7, 11) is 0. The van der Waals surface area contributed by atoms with Crippen molar-refractivity contribution in [2.75, 3.05) is 0 Å². The van der Waals surface area contributed by atoms with Gasteiger partial charge in [-0.3, -0.25) is 4.99 Å². The first-order chi connectivity index (χ1) is 28.5. The van der Waals surface area contributed by atoms with E-state index in [9.17, 15) is 0 Å². The van der Waals surface area contributed by atoms with Crippen LogP contribution in [0.1, 0.15) is 67.0 Å². The molecule has 0 unspecified atom stereocenters. The fourth-order valence-electron chi connectivity index (χ4n) is 9.48. The van der Waals surface area contributed by atoms with Gasteiger partial charge in [0.1, 0.15) is 0 Å². The molecule has 0 radical (unpaired) electrons. The molecule has 0 amide bonds. The third-order valence-electron chi connectivity index (χ3n) is 11.8. The molecule has 1 aliphatic heterocycles. The summed E-state index contributed by atoms with van der Waals surface area (Å²) in [6.07, 6.45) is 4.47. The second kappa shape index (κ2) is 15.5. The molecule has 0 saturated carbocycles. The van der Waals surface area contributed by atoms with Crippen LogP contribution in [-0.4, -0.2) is 10.7 Å². The number of allylic oxidation sites excluding steroid dienone is 2. The van der Waals surface area contributed by atoms with Crippen LogP contribution in [0.4, 0.5) is 0 Å². The molecule has 7 aromatic carbocycles. The van der Waals surface area contributed by atoms with Crippen molar-refractivity contribution in [3.63, 3.8) is 0 Å². The minimum absolute atomic E-state index is 0.613. The lowest BCUT2D eigenvalue weighted by atomic mass is 9.66. The topological polar surface area (TPSA) is 28.1 Å². The van der Waals surface area contributed by atoms with Gasteiger partial charge in [0.25, 0.3) is 0 Å². The summed E-state index contributed by atoms with van der Waals surface area (Å²) in [6.45, 7) is 6.64. The molecule has 2 heterocycles. The molecule has 1 aliphatic rings. The number of aromatic nitrogens is 1. The van der Waals surface area contributed by atoms with Crippen LogP contribution in [0.25, 0.3) is 5.57 Å². The van der Waals surface area contributed by atoms with Crippen LogP contribution in [-0.2, 0) is 10.8 Å². The van der Waals surface area contributed by atoms with E-state index in [-0.39, 0.29) is 0 Å². The molecule has 0 aliphatic carbocycles. The van der Waals surface area contributed by atoms with E-state index in [1.54, 1.807) is 0 Å². The van der Waals surface area contributed by atoms with Gasteiger partial charge in [0, 0.05) is 17.0 Å². The van der Waals surface area contributed by atoms with Gasteiger partial charge in [-0.2, -0.15) is 0 Å². The highest BCUT2D eigenvalue weighted by Gasteiger charge is 2.43. The molecule has 0 spiro atoms. The van der Waals surface area contributed by atoms with E-state index < -0.39 is 10.8 Å². The number of rotatable bonds is 10. The molecule has 9 rings (SSSR count). The van der Waals surface area contributed by atoms with E-state index in [0.717, 1.165) is 28.4 Å². The molecule has 0 atom stereocenters. The van der Waals surface area contributed by atoms with E-state index >= 15 is 0 Å². The maximum atomic E-state index is 5.76. The molecule has 0 fully saturated rings. The summed E-state index contributed by atoms with van der Waals surface area (Å²) in [5.41, 5.74) is 15.8. The summed E-state index contributed by atoms with van der Waals surface area (Å²) in [6, 6.07) is 74.3. The zero-order chi connectivity index (χ0) is 39.5. The highest BCUT2D eigenvalue weighted by Crippen LogP contribution is 2.47. The van der Waals surface area contributed by atoms with Crippen LogP contribution in [0.3, 0.4) is 0 Å². The van der Waals surface area contributed by atoms with E-state index in [1.165, 1.54) is 55.6 Å². The lowest BCUT2D eigenvalue weighted by Crippen LogP contribution is -2.37. The van der Waals surface area contributed by atoms with E-state index in [0.29, 0.717) is 0 Å². The van der Waals surface area contributed by atoms with Gasteiger partial charge in [0.05, 0.1) is 22.2 Å². The van der Waals surface area contributed by atoms with Crippen molar-refractivity contribution in [3.8, 4) is 0 Å². The lowest BCUT2D eigenvalue weighted by molar-refractivity contribution is 0.720. The Kier molecular flexibility index (Phi) is 9.77. The van der Waals surface area contributed by atoms with Gasteiger partial charge in [-0.15, -0.1) is 0 Å². The third-order valence-corrected chi connectivity index (χ3v) is 11.8. The van der Waals surface area contributed by atoms with Gasteiger partial charge in [-0.05, 0) is 95.1 Å². The van der Waals surface area contributed by atoms with Crippen LogP contribution in [0.15, 0.2) is 229 Å². The molecular formula is C56H46N2. The third kappa shape index (κ3) is 6.19. The molecule has 58 heavy (non-hydrogen) atoms. The van der Waals surface area contributed by atoms with Crippen LogP contribution in [0, 0.1) is 20.8 Å². The van der Waals surface area contributed by atoms with Crippen LogP contribution in [0.5, 0.6) is 0 Å². The van der Waals surface area contributed by atoms with Crippen molar-refractivity contribution in [3.05, 3.63) is 291 Å². The highest BCUT2D eigenvalue weighted by molar-refractivity contribution is 6.12. The Morgan fingerprint density at radius 3 is 1.16 bits per heavy atom. The van der Waals surface area contributed by atoms with Crippen molar-refractivity contribution in [2.24, 2.45) is 4.99 Å². The highest BCUT2D eigenvalue weighted by atomic mass is 14.8. The predicted molar refractivity (Wildman–Crippen MR) is 242 cm³/mol. The number of aryl methyl sites for hydroxylation is 3. The van der Waals surface area contributed by atoms with Crippen LogP contribution in [0.2, 0.25) is 0 Å². The maximum absolute atomic E-state index is 5.76. The maximum Gasteiger partial charge on any atom is 0.0874 e. The Balaban J connectivity index is 1.34. The van der Waals surface area contributed by atoms with Crippen molar-refractivity contribution in [1.29, 1.82) is 0 Å². The Morgan fingerprint density at radius 1 is 0.414 bits per heavy atom. The Hall–Kier alpha value is -7.03. The predicted octanol–water partition coefficient (Wildman–Crippen LogP) is 13.1. The van der Waals surface area contributed by atoms with Crippen LogP contribution < -0.4 is 0 Å². The van der Waals surface area contributed by atoms with E-state index in [2.05, 4.69) is 244 Å². The average Bonchev–Trinajstić information content (AvgIpc) is 3.97. The van der Waals surface area contributed by atoms with Crippen molar-refractivity contribution in [1.82, 2.24) is 4.98 Å². The summed E-state index contributed by atoms with van der Waals surface area (Å²) in [5, 5.41) is 0. The smallest absolute Gasteiger partial charge is 0.0874 e. The van der Waals surface area contributed by atoms with Gasteiger partial charge in [0.15, 0.2) is 0 Å². The molecule has 2 nitrogen and oxygen atoms in total. The minimum Gasteiger partial charge on any atom is -0.357 e. The molecule has 8 aromatic rings. The Bertz CT molecular complexity index is 2540. The second-order valence-corrected chi connectivity index (χ2v) is 15.3. The number of benzene rings is 7. The SMILES string of the molecule is Cc1cc(C)c(C(=C2C=CC(C(c3ccccc3)(c3ccccc3)c3ccccc3)=N2)c2ccc(C(c3ccccc3)(c3ccccc3)c3ccccc3)[nH]2)c(C)c1. The second-order valence-electron chi connectivity index (χ2n) is 15.3. The average molecular weight is 747 g/mol. The number of H-pyrrole nitrogens is 1. The summed E-state index contributed by atoms with van der Waals surface area (Å²) in [5.74, 6) is 0. The number of hydrogen-bond donors (Lipinski definition) is 1. The molecule has 0 bridgehead atoms. The zero-order valence-electron chi connectivity index (χ0n) is 33.2. The number of hydrogen-bond acceptors (Lipinski definition) is 1. The molecular weight excluding hydrogens is 701 g/mol. The van der Waals surface area contributed by atoms with Crippen molar-refractivity contribution >= 4 is 11.3 Å². The number of aliphatic imine (C=N–C) groups is 1. The molecule has 1 aromatic heterocycles. The number of aromatic amines is 1. The lowest BCUT2D eigenvalue weighted by Gasteiger charge is -2.35. The molecule has 2 heteroatoms.